The highest BCUT2D eigenvalue weighted by molar-refractivity contribution is 14.0. The minimum atomic E-state index is 0. The van der Waals surface area contributed by atoms with Crippen LogP contribution < -0.4 is 16.0 Å². The molecule has 3 N–H and O–H groups in total. The summed E-state index contributed by atoms with van der Waals surface area (Å²) in [5, 5.41) is 9.79. The van der Waals surface area contributed by atoms with E-state index in [9.17, 15) is 4.79 Å². The van der Waals surface area contributed by atoms with E-state index in [-0.39, 0.29) is 35.8 Å². The first-order valence-corrected chi connectivity index (χ1v) is 10.3. The van der Waals surface area contributed by atoms with Crippen LogP contribution in [0.15, 0.2) is 29.3 Å². The predicted octanol–water partition coefficient (Wildman–Crippen LogP) is 3.19. The van der Waals surface area contributed by atoms with E-state index in [1.54, 1.807) is 7.05 Å². The number of nitrogens with one attached hydrogen (secondary N) is 3. The van der Waals surface area contributed by atoms with Crippen LogP contribution in [-0.2, 0) is 11.3 Å². The van der Waals surface area contributed by atoms with Gasteiger partial charge in [0, 0.05) is 38.3 Å². The summed E-state index contributed by atoms with van der Waals surface area (Å²) in [5.74, 6) is 1.17. The van der Waals surface area contributed by atoms with Gasteiger partial charge in [-0.25, -0.2) is 0 Å². The Bertz CT molecular complexity index is 641. The van der Waals surface area contributed by atoms with E-state index >= 15 is 0 Å². The molecule has 1 heterocycles. The highest BCUT2D eigenvalue weighted by atomic mass is 127. The van der Waals surface area contributed by atoms with Gasteiger partial charge in [-0.05, 0) is 56.5 Å². The number of aliphatic imine (C=N–C) groups is 1. The van der Waals surface area contributed by atoms with Crippen LogP contribution in [0.2, 0.25) is 0 Å². The van der Waals surface area contributed by atoms with Crippen LogP contribution in [0.1, 0.15) is 44.1 Å². The van der Waals surface area contributed by atoms with E-state index < -0.39 is 0 Å². The molecule has 156 valence electrons. The van der Waals surface area contributed by atoms with Gasteiger partial charge in [0.25, 0.3) is 0 Å². The number of hydrogen-bond acceptors (Lipinski definition) is 3. The van der Waals surface area contributed by atoms with Crippen molar-refractivity contribution in [2.24, 2.45) is 10.9 Å². The first kappa shape index (κ1) is 22.9. The molecule has 7 heteroatoms. The number of rotatable bonds is 7. The molecule has 0 aromatic heterocycles. The third kappa shape index (κ3) is 7.24. The summed E-state index contributed by atoms with van der Waals surface area (Å²) in [5.41, 5.74) is 2.00. The molecule has 2 fully saturated rings. The molecule has 3 rings (SSSR count). The van der Waals surface area contributed by atoms with Crippen molar-refractivity contribution in [2.45, 2.75) is 45.1 Å². The van der Waals surface area contributed by atoms with Crippen LogP contribution in [0.25, 0.3) is 0 Å². The second-order valence-corrected chi connectivity index (χ2v) is 7.57. The molecule has 6 nitrogen and oxygen atoms in total. The van der Waals surface area contributed by atoms with Gasteiger partial charge >= 0.3 is 0 Å². The number of carbonyl (C=O) groups is 1. The standard InChI is InChI=1S/C21H33N5O.HI/c1-22-21(23-11-14-26-12-3-2-4-13-26)24-16-17-7-5-10-19(15-17)25-20(27)18-8-6-9-18;/h5,7,10,15,18H,2-4,6,8-9,11-14,16H2,1H3,(H,25,27)(H2,22,23,24);1H. The summed E-state index contributed by atoms with van der Waals surface area (Å²) in [6, 6.07) is 8.03. The Labute approximate surface area is 186 Å². The van der Waals surface area contributed by atoms with Crippen LogP contribution in [-0.4, -0.2) is 50.0 Å². The fraction of sp³-hybridized carbons (Fsp3) is 0.619. The number of hydrogen-bond donors (Lipinski definition) is 3. The Morgan fingerprint density at radius 1 is 1.14 bits per heavy atom. The van der Waals surface area contributed by atoms with E-state index in [0.29, 0.717) is 6.54 Å². The number of nitrogens with zero attached hydrogens (tertiary/aromatic N) is 2. The zero-order valence-corrected chi connectivity index (χ0v) is 19.2. The molecule has 1 amide bonds. The summed E-state index contributed by atoms with van der Waals surface area (Å²) in [4.78, 5) is 18.9. The quantitative estimate of drug-likeness (QED) is 0.306. The molecular formula is C21H34IN5O. The molecule has 1 saturated carbocycles. The lowest BCUT2D eigenvalue weighted by atomic mass is 9.85. The molecule has 1 aliphatic heterocycles. The van der Waals surface area contributed by atoms with E-state index in [4.69, 9.17) is 0 Å². The first-order valence-electron chi connectivity index (χ1n) is 10.3. The zero-order valence-electron chi connectivity index (χ0n) is 16.9. The molecule has 0 bridgehead atoms. The molecule has 28 heavy (non-hydrogen) atoms. The average Bonchev–Trinajstić information content (AvgIpc) is 2.64. The topological polar surface area (TPSA) is 68.8 Å². The van der Waals surface area contributed by atoms with Gasteiger partial charge in [-0.3, -0.25) is 9.79 Å². The second-order valence-electron chi connectivity index (χ2n) is 7.57. The van der Waals surface area contributed by atoms with E-state index in [2.05, 4.69) is 31.9 Å². The van der Waals surface area contributed by atoms with Crippen LogP contribution >= 0.6 is 24.0 Å². The van der Waals surface area contributed by atoms with Gasteiger partial charge in [0.05, 0.1) is 0 Å². The Balaban J connectivity index is 0.00000280. The smallest absolute Gasteiger partial charge is 0.227 e. The van der Waals surface area contributed by atoms with E-state index in [1.165, 1.54) is 38.8 Å². The van der Waals surface area contributed by atoms with Gasteiger partial charge in [-0.2, -0.15) is 0 Å². The third-order valence-electron chi connectivity index (χ3n) is 5.52. The van der Waals surface area contributed by atoms with Crippen molar-refractivity contribution in [2.75, 3.05) is 38.5 Å². The fourth-order valence-corrected chi connectivity index (χ4v) is 3.60. The van der Waals surface area contributed by atoms with Crippen molar-refractivity contribution in [3.63, 3.8) is 0 Å². The minimum Gasteiger partial charge on any atom is -0.355 e. The van der Waals surface area contributed by atoms with Gasteiger partial charge in [0.2, 0.25) is 5.91 Å². The SMILES string of the molecule is CN=C(NCCN1CCCCC1)NCc1cccc(NC(=O)C2CCC2)c1.I. The average molecular weight is 499 g/mol. The number of carbonyl (C=O) groups excluding carboxylic acids is 1. The number of anilines is 1. The molecular weight excluding hydrogens is 465 g/mol. The van der Waals surface area contributed by atoms with Crippen molar-refractivity contribution in [1.82, 2.24) is 15.5 Å². The monoisotopic (exact) mass is 499 g/mol. The van der Waals surface area contributed by atoms with E-state index in [0.717, 1.165) is 43.1 Å². The van der Waals surface area contributed by atoms with E-state index in [1.807, 2.05) is 18.2 Å². The van der Waals surface area contributed by atoms with Crippen LogP contribution in [0.3, 0.4) is 0 Å². The Morgan fingerprint density at radius 2 is 1.93 bits per heavy atom. The molecule has 1 aliphatic carbocycles. The van der Waals surface area contributed by atoms with Crippen LogP contribution in [0.4, 0.5) is 5.69 Å². The summed E-state index contributed by atoms with van der Waals surface area (Å²) in [7, 11) is 1.80. The molecule has 0 atom stereocenters. The highest BCUT2D eigenvalue weighted by Gasteiger charge is 2.25. The van der Waals surface area contributed by atoms with Crippen molar-refractivity contribution in [3.05, 3.63) is 29.8 Å². The Morgan fingerprint density at radius 3 is 2.61 bits per heavy atom. The molecule has 0 unspecified atom stereocenters. The number of guanidine groups is 1. The molecule has 0 radical (unpaired) electrons. The fourth-order valence-electron chi connectivity index (χ4n) is 3.60. The maximum atomic E-state index is 12.1. The van der Waals surface area contributed by atoms with Crippen molar-refractivity contribution >= 4 is 41.5 Å². The normalized spacial score (nSPS) is 18.0. The number of benzene rings is 1. The van der Waals surface area contributed by atoms with Crippen LogP contribution in [0, 0.1) is 5.92 Å². The lowest BCUT2D eigenvalue weighted by molar-refractivity contribution is -0.122. The van der Waals surface area contributed by atoms with Crippen molar-refractivity contribution in [3.8, 4) is 0 Å². The Kier molecular flexibility index (Phi) is 10.0. The summed E-state index contributed by atoms with van der Waals surface area (Å²) in [6.45, 7) is 5.07. The molecule has 2 aliphatic rings. The van der Waals surface area contributed by atoms with Gasteiger partial charge in [0.1, 0.15) is 0 Å². The van der Waals surface area contributed by atoms with Gasteiger partial charge < -0.3 is 20.9 Å². The lowest BCUT2D eigenvalue weighted by Gasteiger charge is -2.26. The third-order valence-corrected chi connectivity index (χ3v) is 5.52. The predicted molar refractivity (Wildman–Crippen MR) is 126 cm³/mol. The molecule has 1 aromatic rings. The molecule has 1 saturated heterocycles. The lowest BCUT2D eigenvalue weighted by Crippen LogP contribution is -2.42. The number of likely N-dealkylation sites (tertiary alicyclic amines) is 1. The number of piperidine rings is 1. The highest BCUT2D eigenvalue weighted by Crippen LogP contribution is 2.27. The molecule has 0 spiro atoms. The van der Waals surface area contributed by atoms with Gasteiger partial charge in [0.15, 0.2) is 5.96 Å². The number of amides is 1. The summed E-state index contributed by atoms with van der Waals surface area (Å²) < 4.78 is 0. The number of halogens is 1. The summed E-state index contributed by atoms with van der Waals surface area (Å²) >= 11 is 0. The summed E-state index contributed by atoms with van der Waals surface area (Å²) in [6.07, 6.45) is 7.22. The maximum absolute atomic E-state index is 12.1. The molecule has 1 aromatic carbocycles. The van der Waals surface area contributed by atoms with Crippen molar-refractivity contribution in [1.29, 1.82) is 0 Å². The maximum Gasteiger partial charge on any atom is 0.227 e. The zero-order chi connectivity index (χ0) is 18.9. The first-order chi connectivity index (χ1) is 13.2. The Hall–Kier alpha value is -1.35. The largest absolute Gasteiger partial charge is 0.355 e. The van der Waals surface area contributed by atoms with Gasteiger partial charge in [-0.1, -0.05) is 25.0 Å². The minimum absolute atomic E-state index is 0. The second kappa shape index (κ2) is 12.3. The van der Waals surface area contributed by atoms with Crippen molar-refractivity contribution < 1.29 is 4.79 Å². The van der Waals surface area contributed by atoms with Gasteiger partial charge in [-0.15, -0.1) is 24.0 Å². The van der Waals surface area contributed by atoms with Crippen LogP contribution in [0.5, 0.6) is 0 Å².